The number of aromatic nitrogens is 1. The number of likely N-dealkylation sites (tertiary alicyclic amines) is 1. The minimum Gasteiger partial charge on any atom is -0.337 e. The van der Waals surface area contributed by atoms with Crippen molar-refractivity contribution in [2.75, 3.05) is 13.1 Å². The molecule has 6 heteroatoms. The summed E-state index contributed by atoms with van der Waals surface area (Å²) in [5, 5.41) is 1.00. The average molecular weight is 482 g/mol. The number of carbonyl (C=O) groups is 2. The van der Waals surface area contributed by atoms with Crippen LogP contribution in [0.15, 0.2) is 78.9 Å². The molecule has 1 saturated heterocycles. The number of benzene rings is 3. The molecule has 2 aliphatic heterocycles. The number of amides is 2. The van der Waals surface area contributed by atoms with Crippen LogP contribution in [0.2, 0.25) is 0 Å². The van der Waals surface area contributed by atoms with Gasteiger partial charge in [0, 0.05) is 49.5 Å². The highest BCUT2D eigenvalue weighted by Crippen LogP contribution is 2.29. The molecule has 1 fully saturated rings. The monoisotopic (exact) mass is 481 g/mol. The zero-order valence-electron chi connectivity index (χ0n) is 20.1. The Bertz CT molecular complexity index is 1410. The van der Waals surface area contributed by atoms with E-state index in [2.05, 4.69) is 12.1 Å². The Morgan fingerprint density at radius 1 is 0.806 bits per heavy atom. The summed E-state index contributed by atoms with van der Waals surface area (Å²) < 4.78 is 15.4. The molecule has 0 aliphatic carbocycles. The maximum absolute atomic E-state index is 13.7. The van der Waals surface area contributed by atoms with E-state index in [1.807, 2.05) is 56.8 Å². The molecular formula is C30H28FN3O2. The van der Waals surface area contributed by atoms with Crippen LogP contribution in [0.3, 0.4) is 0 Å². The molecule has 3 aromatic carbocycles. The number of piperidine rings is 1. The summed E-state index contributed by atoms with van der Waals surface area (Å²) in [5.74, 6) is -0.146. The van der Waals surface area contributed by atoms with Crippen molar-refractivity contribution in [3.63, 3.8) is 0 Å². The fourth-order valence-electron chi connectivity index (χ4n) is 5.57. The first-order chi connectivity index (χ1) is 17.6. The highest BCUT2D eigenvalue weighted by atomic mass is 19.1. The third kappa shape index (κ3) is 4.17. The molecule has 4 aromatic rings. The van der Waals surface area contributed by atoms with Crippen molar-refractivity contribution >= 4 is 22.7 Å². The zero-order valence-corrected chi connectivity index (χ0v) is 20.1. The summed E-state index contributed by atoms with van der Waals surface area (Å²) >= 11 is 0. The number of carbonyl (C=O) groups excluding carboxylic acids is 2. The van der Waals surface area contributed by atoms with E-state index in [1.165, 1.54) is 23.3 Å². The van der Waals surface area contributed by atoms with Gasteiger partial charge in [-0.3, -0.25) is 9.59 Å². The molecule has 0 bridgehead atoms. The van der Waals surface area contributed by atoms with Crippen LogP contribution in [0.4, 0.5) is 4.39 Å². The van der Waals surface area contributed by atoms with Gasteiger partial charge in [0.25, 0.3) is 5.91 Å². The fraction of sp³-hybridized carbons (Fsp3) is 0.267. The number of para-hydroxylation sites is 1. The van der Waals surface area contributed by atoms with Gasteiger partial charge in [-0.15, -0.1) is 0 Å². The molecule has 182 valence electrons. The summed E-state index contributed by atoms with van der Waals surface area (Å²) in [6, 6.07) is 24.5. The molecule has 0 N–H and O–H groups in total. The number of hydrogen-bond donors (Lipinski definition) is 0. The van der Waals surface area contributed by atoms with Gasteiger partial charge >= 0.3 is 0 Å². The summed E-state index contributed by atoms with van der Waals surface area (Å²) in [6.45, 7) is 2.97. The van der Waals surface area contributed by atoms with Gasteiger partial charge in [-0.1, -0.05) is 54.6 Å². The van der Waals surface area contributed by atoms with Gasteiger partial charge < -0.3 is 14.4 Å². The largest absolute Gasteiger partial charge is 0.337 e. The molecule has 2 amide bonds. The number of hydrogen-bond acceptors (Lipinski definition) is 2. The molecule has 2 aliphatic rings. The van der Waals surface area contributed by atoms with E-state index in [0.29, 0.717) is 51.3 Å². The molecule has 36 heavy (non-hydrogen) atoms. The lowest BCUT2D eigenvalue weighted by Crippen LogP contribution is -2.43. The van der Waals surface area contributed by atoms with E-state index in [0.717, 1.165) is 16.5 Å². The van der Waals surface area contributed by atoms with Gasteiger partial charge in [0.1, 0.15) is 11.5 Å². The summed E-state index contributed by atoms with van der Waals surface area (Å²) in [7, 11) is 0. The van der Waals surface area contributed by atoms with E-state index in [1.54, 1.807) is 12.1 Å². The predicted octanol–water partition coefficient (Wildman–Crippen LogP) is 5.22. The standard InChI is InChI=1S/C30H28FN3O2/c31-26-11-9-21(10-12-26)18-34-27-8-4-3-5-23(27)17-28(34)30(36)32-15-13-22(14-16-32)29(35)33-19-24-6-1-2-7-25(24)20-33/h1-12,17,22H,13-16,18-20H2. The molecule has 0 unspecified atom stereocenters. The van der Waals surface area contributed by atoms with Crippen LogP contribution in [-0.4, -0.2) is 39.3 Å². The molecule has 1 aromatic heterocycles. The van der Waals surface area contributed by atoms with Crippen molar-refractivity contribution in [2.24, 2.45) is 5.92 Å². The minimum atomic E-state index is -0.275. The SMILES string of the molecule is O=C(c1cc2ccccc2n1Cc1ccc(F)cc1)N1CCC(C(=O)N2Cc3ccccc3C2)CC1. The minimum absolute atomic E-state index is 0.0206. The summed E-state index contributed by atoms with van der Waals surface area (Å²) in [5.41, 5.74) is 4.99. The summed E-state index contributed by atoms with van der Waals surface area (Å²) in [4.78, 5) is 30.7. The van der Waals surface area contributed by atoms with Crippen molar-refractivity contribution in [1.29, 1.82) is 0 Å². The van der Waals surface area contributed by atoms with Crippen LogP contribution in [0.5, 0.6) is 0 Å². The molecule has 3 heterocycles. The Morgan fingerprint density at radius 3 is 2.14 bits per heavy atom. The molecule has 5 nitrogen and oxygen atoms in total. The van der Waals surface area contributed by atoms with E-state index in [-0.39, 0.29) is 23.5 Å². The number of halogens is 1. The van der Waals surface area contributed by atoms with Crippen LogP contribution >= 0.6 is 0 Å². The first kappa shape index (κ1) is 22.5. The Kier molecular flexibility index (Phi) is 5.80. The lowest BCUT2D eigenvalue weighted by Gasteiger charge is -2.33. The molecule has 6 rings (SSSR count). The van der Waals surface area contributed by atoms with Crippen molar-refractivity contribution in [1.82, 2.24) is 14.4 Å². The van der Waals surface area contributed by atoms with E-state index in [4.69, 9.17) is 0 Å². The van der Waals surface area contributed by atoms with E-state index in [9.17, 15) is 14.0 Å². The maximum Gasteiger partial charge on any atom is 0.270 e. The van der Waals surface area contributed by atoms with Gasteiger partial charge in [-0.2, -0.15) is 0 Å². The van der Waals surface area contributed by atoms with Crippen LogP contribution in [-0.2, 0) is 24.4 Å². The van der Waals surface area contributed by atoms with Crippen LogP contribution in [0.1, 0.15) is 40.0 Å². The second kappa shape index (κ2) is 9.26. The average Bonchev–Trinajstić information content (AvgIpc) is 3.51. The van der Waals surface area contributed by atoms with Gasteiger partial charge in [0.15, 0.2) is 0 Å². The maximum atomic E-state index is 13.7. The lowest BCUT2D eigenvalue weighted by atomic mass is 9.95. The molecule has 0 spiro atoms. The summed E-state index contributed by atoms with van der Waals surface area (Å²) in [6.07, 6.45) is 1.35. The van der Waals surface area contributed by atoms with Crippen molar-refractivity contribution < 1.29 is 14.0 Å². The van der Waals surface area contributed by atoms with Crippen molar-refractivity contribution in [2.45, 2.75) is 32.5 Å². The molecule has 0 saturated carbocycles. The number of fused-ring (bicyclic) bond motifs is 2. The lowest BCUT2D eigenvalue weighted by molar-refractivity contribution is -0.137. The van der Waals surface area contributed by atoms with E-state index < -0.39 is 0 Å². The normalized spacial score (nSPS) is 15.9. The highest BCUT2D eigenvalue weighted by Gasteiger charge is 2.33. The molecule has 0 radical (unpaired) electrons. The van der Waals surface area contributed by atoms with Crippen molar-refractivity contribution in [3.05, 3.63) is 107 Å². The van der Waals surface area contributed by atoms with E-state index >= 15 is 0 Å². The smallest absolute Gasteiger partial charge is 0.270 e. The molecule has 0 atom stereocenters. The highest BCUT2D eigenvalue weighted by molar-refractivity contribution is 5.99. The second-order valence-corrected chi connectivity index (χ2v) is 9.83. The topological polar surface area (TPSA) is 45.6 Å². The van der Waals surface area contributed by atoms with Crippen LogP contribution < -0.4 is 0 Å². The zero-order chi connectivity index (χ0) is 24.6. The third-order valence-electron chi connectivity index (χ3n) is 7.57. The quantitative estimate of drug-likeness (QED) is 0.401. The van der Waals surface area contributed by atoms with Crippen LogP contribution in [0.25, 0.3) is 10.9 Å². The predicted molar refractivity (Wildman–Crippen MR) is 137 cm³/mol. The van der Waals surface area contributed by atoms with Crippen LogP contribution in [0, 0.1) is 11.7 Å². The first-order valence-corrected chi connectivity index (χ1v) is 12.5. The van der Waals surface area contributed by atoms with Crippen molar-refractivity contribution in [3.8, 4) is 0 Å². The third-order valence-corrected chi connectivity index (χ3v) is 7.57. The van der Waals surface area contributed by atoms with Gasteiger partial charge in [-0.25, -0.2) is 4.39 Å². The Balaban J connectivity index is 1.17. The fourth-order valence-corrected chi connectivity index (χ4v) is 5.57. The van der Waals surface area contributed by atoms with Gasteiger partial charge in [-0.05, 0) is 53.8 Å². The van der Waals surface area contributed by atoms with Gasteiger partial charge in [0.2, 0.25) is 5.91 Å². The number of rotatable bonds is 4. The second-order valence-electron chi connectivity index (χ2n) is 9.83. The van der Waals surface area contributed by atoms with Gasteiger partial charge in [0.05, 0.1) is 0 Å². The Hall–Kier alpha value is -3.93. The Morgan fingerprint density at radius 2 is 1.44 bits per heavy atom. The Labute approximate surface area is 209 Å². The number of nitrogens with zero attached hydrogens (tertiary/aromatic N) is 3. The first-order valence-electron chi connectivity index (χ1n) is 12.5. The molecular weight excluding hydrogens is 453 g/mol.